The van der Waals surface area contributed by atoms with Crippen LogP contribution >= 0.6 is 11.6 Å². The molecule has 0 aliphatic heterocycles. The predicted molar refractivity (Wildman–Crippen MR) is 72.8 cm³/mol. The molecule has 2 nitrogen and oxygen atoms in total. The molecule has 0 heterocycles. The van der Waals surface area contributed by atoms with Crippen molar-refractivity contribution >= 4 is 17.5 Å². The van der Waals surface area contributed by atoms with Gasteiger partial charge < -0.3 is 4.90 Å². The molecule has 17 heavy (non-hydrogen) atoms. The van der Waals surface area contributed by atoms with Crippen molar-refractivity contribution in [3.8, 4) is 0 Å². The molecule has 1 rings (SSSR count). The second-order valence-electron chi connectivity index (χ2n) is 5.21. The highest BCUT2D eigenvalue weighted by Crippen LogP contribution is 2.26. The molecule has 0 bridgehead atoms. The van der Waals surface area contributed by atoms with E-state index in [-0.39, 0.29) is 11.3 Å². The maximum atomic E-state index is 12.3. The number of carbonyl (C=O) groups excluding carboxylic acids is 1. The molecule has 0 radical (unpaired) electrons. The van der Waals surface area contributed by atoms with E-state index in [1.807, 2.05) is 24.3 Å². The second-order valence-corrected chi connectivity index (χ2v) is 5.59. The van der Waals surface area contributed by atoms with E-state index in [0.29, 0.717) is 12.4 Å². The molecule has 0 saturated heterocycles. The summed E-state index contributed by atoms with van der Waals surface area (Å²) in [4.78, 5) is 13.9. The minimum atomic E-state index is -0.0337. The summed E-state index contributed by atoms with van der Waals surface area (Å²) in [7, 11) is 1.78. The smallest absolute Gasteiger partial charge is 0.253 e. The van der Waals surface area contributed by atoms with Gasteiger partial charge in [0, 0.05) is 25.0 Å². The number of carbonyl (C=O) groups is 1. The van der Waals surface area contributed by atoms with E-state index in [0.717, 1.165) is 11.1 Å². The number of alkyl halides is 1. The molecular weight excluding hydrogens is 234 g/mol. The monoisotopic (exact) mass is 253 g/mol. The lowest BCUT2D eigenvalue weighted by Gasteiger charge is -2.24. The van der Waals surface area contributed by atoms with Gasteiger partial charge in [-0.1, -0.05) is 39.0 Å². The molecule has 0 saturated carbocycles. The molecule has 1 aromatic carbocycles. The van der Waals surface area contributed by atoms with Gasteiger partial charge in [0.25, 0.3) is 5.91 Å². The molecule has 0 aliphatic rings. The van der Waals surface area contributed by atoms with Crippen LogP contribution in [-0.2, 0) is 5.41 Å². The van der Waals surface area contributed by atoms with Crippen molar-refractivity contribution in [3.63, 3.8) is 0 Å². The van der Waals surface area contributed by atoms with Gasteiger partial charge in [-0.2, -0.15) is 0 Å². The van der Waals surface area contributed by atoms with Gasteiger partial charge in [0.1, 0.15) is 0 Å². The van der Waals surface area contributed by atoms with Crippen LogP contribution in [0, 0.1) is 0 Å². The van der Waals surface area contributed by atoms with Crippen molar-refractivity contribution in [2.24, 2.45) is 0 Å². The van der Waals surface area contributed by atoms with Crippen LogP contribution in [0.25, 0.3) is 0 Å². The molecule has 0 unspecified atom stereocenters. The summed E-state index contributed by atoms with van der Waals surface area (Å²) in [5, 5.41) is 0. The zero-order valence-electron chi connectivity index (χ0n) is 11.0. The Labute approximate surface area is 109 Å². The third-order valence-corrected chi connectivity index (χ3v) is 2.90. The fraction of sp³-hybridized carbons (Fsp3) is 0.500. The van der Waals surface area contributed by atoms with Gasteiger partial charge in [-0.3, -0.25) is 4.79 Å². The van der Waals surface area contributed by atoms with E-state index in [9.17, 15) is 4.79 Å². The standard InChI is InChI=1S/C14H20ClNO/c1-14(2,3)12-8-6-5-7-11(12)13(17)16(4)10-9-15/h5-8H,9-10H2,1-4H3. The molecule has 0 aliphatic carbocycles. The first-order chi connectivity index (χ1) is 7.88. The Bertz CT molecular complexity index is 395. The number of nitrogens with zero attached hydrogens (tertiary/aromatic N) is 1. The number of rotatable bonds is 3. The van der Waals surface area contributed by atoms with Crippen molar-refractivity contribution in [2.75, 3.05) is 19.5 Å². The zero-order chi connectivity index (χ0) is 13.1. The molecule has 0 spiro atoms. The highest BCUT2D eigenvalue weighted by atomic mass is 35.5. The van der Waals surface area contributed by atoms with Crippen LogP contribution < -0.4 is 0 Å². The van der Waals surface area contributed by atoms with Crippen LogP contribution in [0.4, 0.5) is 0 Å². The van der Waals surface area contributed by atoms with E-state index in [4.69, 9.17) is 11.6 Å². The maximum absolute atomic E-state index is 12.3. The van der Waals surface area contributed by atoms with Gasteiger partial charge in [-0.25, -0.2) is 0 Å². The molecule has 0 atom stereocenters. The minimum absolute atomic E-state index is 0.0337. The van der Waals surface area contributed by atoms with Gasteiger partial charge in [0.2, 0.25) is 0 Å². The lowest BCUT2D eigenvalue weighted by atomic mass is 9.83. The van der Waals surface area contributed by atoms with E-state index in [2.05, 4.69) is 20.8 Å². The lowest BCUT2D eigenvalue weighted by molar-refractivity contribution is 0.0801. The van der Waals surface area contributed by atoms with Gasteiger partial charge >= 0.3 is 0 Å². The van der Waals surface area contributed by atoms with E-state index < -0.39 is 0 Å². The molecule has 1 amide bonds. The highest BCUT2D eigenvalue weighted by molar-refractivity contribution is 6.18. The summed E-state index contributed by atoms with van der Waals surface area (Å²) in [6, 6.07) is 7.77. The largest absolute Gasteiger partial charge is 0.341 e. The number of benzene rings is 1. The third kappa shape index (κ3) is 3.47. The van der Waals surface area contributed by atoms with Gasteiger partial charge in [-0.15, -0.1) is 11.6 Å². The lowest BCUT2D eigenvalue weighted by Crippen LogP contribution is -2.30. The molecule has 1 aromatic rings. The SMILES string of the molecule is CN(CCCl)C(=O)c1ccccc1C(C)(C)C. The Morgan fingerprint density at radius 1 is 1.29 bits per heavy atom. The molecule has 94 valence electrons. The Balaban J connectivity index is 3.10. The Kier molecular flexibility index (Phi) is 4.58. The number of amides is 1. The van der Waals surface area contributed by atoms with E-state index >= 15 is 0 Å². The van der Waals surface area contributed by atoms with Crippen LogP contribution in [0.3, 0.4) is 0 Å². The van der Waals surface area contributed by atoms with Crippen molar-refractivity contribution < 1.29 is 4.79 Å². The summed E-state index contributed by atoms with van der Waals surface area (Å²) in [5.41, 5.74) is 1.81. The fourth-order valence-electron chi connectivity index (χ4n) is 1.76. The average Bonchev–Trinajstić information content (AvgIpc) is 2.27. The predicted octanol–water partition coefficient (Wildman–Crippen LogP) is 3.29. The highest BCUT2D eigenvalue weighted by Gasteiger charge is 2.22. The summed E-state index contributed by atoms with van der Waals surface area (Å²) < 4.78 is 0. The number of halogens is 1. The quantitative estimate of drug-likeness (QED) is 0.757. The Hall–Kier alpha value is -1.02. The van der Waals surface area contributed by atoms with Gasteiger partial charge in [-0.05, 0) is 17.0 Å². The molecule has 0 N–H and O–H groups in total. The van der Waals surface area contributed by atoms with Crippen molar-refractivity contribution in [2.45, 2.75) is 26.2 Å². The third-order valence-electron chi connectivity index (χ3n) is 2.73. The first-order valence-electron chi connectivity index (χ1n) is 5.79. The van der Waals surface area contributed by atoms with Crippen LogP contribution in [-0.4, -0.2) is 30.3 Å². The van der Waals surface area contributed by atoms with Crippen molar-refractivity contribution in [3.05, 3.63) is 35.4 Å². The first-order valence-corrected chi connectivity index (χ1v) is 6.32. The van der Waals surface area contributed by atoms with E-state index in [1.165, 1.54) is 0 Å². The van der Waals surface area contributed by atoms with Gasteiger partial charge in [0.15, 0.2) is 0 Å². The first kappa shape index (κ1) is 14.0. The van der Waals surface area contributed by atoms with Gasteiger partial charge in [0.05, 0.1) is 0 Å². The average molecular weight is 254 g/mol. The normalized spacial score (nSPS) is 11.4. The molecule has 0 aromatic heterocycles. The number of hydrogen-bond acceptors (Lipinski definition) is 1. The van der Waals surface area contributed by atoms with Crippen LogP contribution in [0.5, 0.6) is 0 Å². The summed E-state index contributed by atoms with van der Waals surface area (Å²) in [5.74, 6) is 0.496. The second kappa shape index (κ2) is 5.54. The summed E-state index contributed by atoms with van der Waals surface area (Å²) >= 11 is 5.66. The maximum Gasteiger partial charge on any atom is 0.253 e. The zero-order valence-corrected chi connectivity index (χ0v) is 11.7. The van der Waals surface area contributed by atoms with E-state index in [1.54, 1.807) is 11.9 Å². The van der Waals surface area contributed by atoms with Crippen LogP contribution in [0.15, 0.2) is 24.3 Å². The molecule has 3 heteroatoms. The molecular formula is C14H20ClNO. The van der Waals surface area contributed by atoms with Crippen LogP contribution in [0.1, 0.15) is 36.7 Å². The Morgan fingerprint density at radius 2 is 1.88 bits per heavy atom. The minimum Gasteiger partial charge on any atom is -0.341 e. The molecule has 0 fully saturated rings. The Morgan fingerprint density at radius 3 is 2.41 bits per heavy atom. The van der Waals surface area contributed by atoms with Crippen molar-refractivity contribution in [1.82, 2.24) is 4.90 Å². The van der Waals surface area contributed by atoms with Crippen molar-refractivity contribution in [1.29, 1.82) is 0 Å². The fourth-order valence-corrected chi connectivity index (χ4v) is 2.01. The van der Waals surface area contributed by atoms with Crippen LogP contribution in [0.2, 0.25) is 0 Å². The summed E-state index contributed by atoms with van der Waals surface area (Å²) in [6.45, 7) is 6.90. The summed E-state index contributed by atoms with van der Waals surface area (Å²) in [6.07, 6.45) is 0. The topological polar surface area (TPSA) is 20.3 Å². The number of hydrogen-bond donors (Lipinski definition) is 0.